The van der Waals surface area contributed by atoms with E-state index in [1.165, 1.54) is 24.3 Å². The number of ether oxygens (including phenoxy) is 1. The molecule has 0 aromatic heterocycles. The van der Waals surface area contributed by atoms with E-state index in [0.29, 0.717) is 11.5 Å². The highest BCUT2D eigenvalue weighted by Gasteiger charge is 2.23. The number of nitriles is 1. The summed E-state index contributed by atoms with van der Waals surface area (Å²) in [5, 5.41) is 13.7. The minimum absolute atomic E-state index is 0.0581. The van der Waals surface area contributed by atoms with Crippen molar-refractivity contribution < 1.29 is 19.1 Å². The van der Waals surface area contributed by atoms with E-state index in [9.17, 15) is 14.4 Å². The van der Waals surface area contributed by atoms with E-state index < -0.39 is 24.5 Å². The summed E-state index contributed by atoms with van der Waals surface area (Å²) in [7, 11) is 0. The minimum atomic E-state index is -0.694. The fraction of sp³-hybridized carbons (Fsp3) is 0.444. The highest BCUT2D eigenvalue weighted by molar-refractivity contribution is 5.97. The van der Waals surface area contributed by atoms with E-state index in [2.05, 4.69) is 17.6 Å². The summed E-state index contributed by atoms with van der Waals surface area (Å²) < 4.78 is 4.86. The quantitative estimate of drug-likeness (QED) is 0.814. The van der Waals surface area contributed by atoms with E-state index >= 15 is 0 Å². The van der Waals surface area contributed by atoms with Crippen LogP contribution in [0.5, 0.6) is 0 Å². The van der Waals surface area contributed by atoms with Crippen molar-refractivity contribution in [2.45, 2.75) is 38.6 Å². The second-order valence-corrected chi connectivity index (χ2v) is 6.16. The van der Waals surface area contributed by atoms with Gasteiger partial charge in [0.15, 0.2) is 6.61 Å². The fourth-order valence-electron chi connectivity index (χ4n) is 2.79. The highest BCUT2D eigenvalue weighted by atomic mass is 16.5. The van der Waals surface area contributed by atoms with Crippen molar-refractivity contribution in [3.8, 4) is 6.07 Å². The highest BCUT2D eigenvalue weighted by Crippen LogP contribution is 2.23. The van der Waals surface area contributed by atoms with Gasteiger partial charge in [-0.2, -0.15) is 5.26 Å². The third kappa shape index (κ3) is 5.60. The Labute approximate surface area is 146 Å². The molecule has 1 aromatic carbocycles. The molecule has 0 aliphatic heterocycles. The number of nitrogens with zero attached hydrogens (tertiary/aromatic N) is 1. The topological polar surface area (TPSA) is 108 Å². The molecule has 3 amide bonds. The van der Waals surface area contributed by atoms with Gasteiger partial charge in [-0.15, -0.1) is 0 Å². The number of benzene rings is 1. The van der Waals surface area contributed by atoms with Gasteiger partial charge in [-0.05, 0) is 43.0 Å². The molecule has 132 valence electrons. The van der Waals surface area contributed by atoms with Gasteiger partial charge in [0.1, 0.15) is 0 Å². The molecule has 1 aromatic rings. The Bertz CT molecular complexity index is 679. The second kappa shape index (κ2) is 8.83. The van der Waals surface area contributed by atoms with Gasteiger partial charge >= 0.3 is 12.0 Å². The van der Waals surface area contributed by atoms with Crippen LogP contribution in [0.2, 0.25) is 0 Å². The van der Waals surface area contributed by atoms with E-state index in [1.807, 2.05) is 6.07 Å². The summed E-state index contributed by atoms with van der Waals surface area (Å²) in [5.41, 5.74) is 0.648. The number of nitrogens with one attached hydrogen (secondary N) is 2. The molecule has 2 atom stereocenters. The monoisotopic (exact) mass is 343 g/mol. The molecule has 7 heteroatoms. The number of hydrogen-bond donors (Lipinski definition) is 2. The van der Waals surface area contributed by atoms with Gasteiger partial charge in [-0.3, -0.25) is 10.1 Å². The van der Waals surface area contributed by atoms with Crippen LogP contribution < -0.4 is 10.6 Å². The maximum Gasteiger partial charge on any atom is 0.338 e. The molecule has 1 saturated carbocycles. The fourth-order valence-corrected chi connectivity index (χ4v) is 2.79. The molecule has 2 N–H and O–H groups in total. The Balaban J connectivity index is 1.74. The smallest absolute Gasteiger partial charge is 0.338 e. The van der Waals surface area contributed by atoms with Crippen molar-refractivity contribution in [2.24, 2.45) is 5.92 Å². The molecule has 0 bridgehead atoms. The maximum atomic E-state index is 11.8. The first kappa shape index (κ1) is 18.5. The standard InChI is InChI=1S/C18H21N3O4/c1-12-4-2-3-5-15(12)20-18(24)21-16(22)11-25-17(23)14-8-6-13(10-19)7-9-14/h6-9,12,15H,2-5,11H2,1H3,(H2,20,21,22,24)/t12-,15-/m0/s1. The van der Waals surface area contributed by atoms with Gasteiger partial charge in [-0.25, -0.2) is 9.59 Å². The molecule has 0 unspecified atom stereocenters. The SMILES string of the molecule is C[C@H]1CCCC[C@@H]1NC(=O)NC(=O)COC(=O)c1ccc(C#N)cc1. The van der Waals surface area contributed by atoms with Crippen LogP contribution in [0.1, 0.15) is 48.5 Å². The lowest BCUT2D eigenvalue weighted by atomic mass is 9.86. The summed E-state index contributed by atoms with van der Waals surface area (Å²) in [6.45, 7) is 1.53. The molecule has 0 radical (unpaired) electrons. The second-order valence-electron chi connectivity index (χ2n) is 6.16. The number of rotatable bonds is 4. The lowest BCUT2D eigenvalue weighted by Gasteiger charge is -2.29. The van der Waals surface area contributed by atoms with Crippen LogP contribution in [-0.2, 0) is 9.53 Å². The number of imide groups is 1. The van der Waals surface area contributed by atoms with Crippen LogP contribution in [0.3, 0.4) is 0 Å². The number of carbonyl (C=O) groups is 3. The van der Waals surface area contributed by atoms with E-state index in [-0.39, 0.29) is 11.6 Å². The van der Waals surface area contributed by atoms with Crippen molar-refractivity contribution >= 4 is 17.9 Å². The first-order valence-electron chi connectivity index (χ1n) is 8.27. The average molecular weight is 343 g/mol. The molecular formula is C18H21N3O4. The zero-order chi connectivity index (χ0) is 18.2. The molecule has 2 rings (SSSR count). The van der Waals surface area contributed by atoms with Crippen molar-refractivity contribution in [3.05, 3.63) is 35.4 Å². The summed E-state index contributed by atoms with van der Waals surface area (Å²) in [6.07, 6.45) is 4.17. The van der Waals surface area contributed by atoms with Crippen LogP contribution in [0.15, 0.2) is 24.3 Å². The van der Waals surface area contributed by atoms with Crippen molar-refractivity contribution in [1.82, 2.24) is 10.6 Å². The summed E-state index contributed by atoms with van der Waals surface area (Å²) in [4.78, 5) is 35.4. The Hall–Kier alpha value is -2.88. The van der Waals surface area contributed by atoms with Crippen molar-refractivity contribution in [1.29, 1.82) is 5.26 Å². The average Bonchev–Trinajstić information content (AvgIpc) is 2.61. The number of amides is 3. The van der Waals surface area contributed by atoms with Crippen LogP contribution in [0.25, 0.3) is 0 Å². The van der Waals surface area contributed by atoms with Crippen LogP contribution in [0.4, 0.5) is 4.79 Å². The van der Waals surface area contributed by atoms with Gasteiger partial charge in [-0.1, -0.05) is 19.8 Å². The predicted octanol–water partition coefficient (Wildman–Crippen LogP) is 2.12. The maximum absolute atomic E-state index is 11.8. The lowest BCUT2D eigenvalue weighted by Crippen LogP contribution is -2.48. The minimum Gasteiger partial charge on any atom is -0.452 e. The zero-order valence-electron chi connectivity index (χ0n) is 14.1. The lowest BCUT2D eigenvalue weighted by molar-refractivity contribution is -0.123. The van der Waals surface area contributed by atoms with Gasteiger partial charge in [0.25, 0.3) is 5.91 Å². The van der Waals surface area contributed by atoms with E-state index in [4.69, 9.17) is 10.00 Å². The Kier molecular flexibility index (Phi) is 6.52. The van der Waals surface area contributed by atoms with Crippen LogP contribution >= 0.6 is 0 Å². The van der Waals surface area contributed by atoms with Crippen molar-refractivity contribution in [3.63, 3.8) is 0 Å². The molecule has 0 saturated heterocycles. The molecule has 1 aliphatic rings. The molecule has 0 spiro atoms. The Morgan fingerprint density at radius 3 is 2.52 bits per heavy atom. The molecule has 0 heterocycles. The first-order chi connectivity index (χ1) is 12.0. The summed E-state index contributed by atoms with van der Waals surface area (Å²) in [5.74, 6) is -1.01. The van der Waals surface area contributed by atoms with Crippen LogP contribution in [-0.4, -0.2) is 30.6 Å². The normalized spacial score (nSPS) is 19.4. The Morgan fingerprint density at radius 1 is 1.20 bits per heavy atom. The predicted molar refractivity (Wildman–Crippen MR) is 89.5 cm³/mol. The van der Waals surface area contributed by atoms with Gasteiger partial charge in [0.2, 0.25) is 0 Å². The third-order valence-corrected chi connectivity index (χ3v) is 4.26. The Morgan fingerprint density at radius 2 is 1.88 bits per heavy atom. The number of esters is 1. The van der Waals surface area contributed by atoms with Crippen LogP contribution in [0, 0.1) is 17.2 Å². The van der Waals surface area contributed by atoms with Gasteiger partial charge < -0.3 is 10.1 Å². The summed E-state index contributed by atoms with van der Waals surface area (Å²) in [6, 6.07) is 7.27. The third-order valence-electron chi connectivity index (χ3n) is 4.26. The molecular weight excluding hydrogens is 322 g/mol. The van der Waals surface area contributed by atoms with E-state index in [0.717, 1.165) is 25.7 Å². The molecule has 1 fully saturated rings. The number of urea groups is 1. The number of carbonyl (C=O) groups excluding carboxylic acids is 3. The molecule has 7 nitrogen and oxygen atoms in total. The van der Waals surface area contributed by atoms with Gasteiger partial charge in [0, 0.05) is 6.04 Å². The van der Waals surface area contributed by atoms with Gasteiger partial charge in [0.05, 0.1) is 17.2 Å². The largest absolute Gasteiger partial charge is 0.452 e. The molecule has 1 aliphatic carbocycles. The van der Waals surface area contributed by atoms with E-state index in [1.54, 1.807) is 0 Å². The van der Waals surface area contributed by atoms with Crippen molar-refractivity contribution in [2.75, 3.05) is 6.61 Å². The molecule has 25 heavy (non-hydrogen) atoms. The zero-order valence-corrected chi connectivity index (χ0v) is 14.1. The number of hydrogen-bond acceptors (Lipinski definition) is 5. The summed E-state index contributed by atoms with van der Waals surface area (Å²) >= 11 is 0. The first-order valence-corrected chi connectivity index (χ1v) is 8.27.